The number of rotatable bonds is 3. The zero-order valence-corrected chi connectivity index (χ0v) is 13.4. The summed E-state index contributed by atoms with van der Waals surface area (Å²) in [6, 6.07) is 4.74. The first-order chi connectivity index (χ1) is 10.2. The van der Waals surface area contributed by atoms with Gasteiger partial charge in [-0.05, 0) is 51.3 Å². The SMILES string of the molecule is CC(C)(C)OC(=O)NC[C@H]1CCN(c2ccc(N)cc2F)C1. The lowest BCUT2D eigenvalue weighted by atomic mass is 10.1. The summed E-state index contributed by atoms with van der Waals surface area (Å²) in [4.78, 5) is 13.6. The van der Waals surface area contributed by atoms with Crippen molar-refractivity contribution >= 4 is 17.5 Å². The van der Waals surface area contributed by atoms with Crippen molar-refractivity contribution < 1.29 is 13.9 Å². The second-order valence-electron chi connectivity index (χ2n) is 6.69. The first kappa shape index (κ1) is 16.4. The van der Waals surface area contributed by atoms with Crippen molar-refractivity contribution in [3.63, 3.8) is 0 Å². The fourth-order valence-electron chi connectivity index (χ4n) is 2.54. The molecule has 1 aliphatic heterocycles. The van der Waals surface area contributed by atoms with Gasteiger partial charge in [0, 0.05) is 25.3 Å². The highest BCUT2D eigenvalue weighted by Gasteiger charge is 2.25. The number of carbonyl (C=O) groups excluding carboxylic acids is 1. The van der Waals surface area contributed by atoms with Gasteiger partial charge in [0.25, 0.3) is 0 Å². The minimum atomic E-state index is -0.501. The third-order valence-corrected chi connectivity index (χ3v) is 3.53. The first-order valence-corrected chi connectivity index (χ1v) is 7.51. The van der Waals surface area contributed by atoms with E-state index in [9.17, 15) is 9.18 Å². The van der Waals surface area contributed by atoms with Gasteiger partial charge in [0.2, 0.25) is 0 Å². The third-order valence-electron chi connectivity index (χ3n) is 3.53. The molecule has 1 heterocycles. The maximum absolute atomic E-state index is 13.9. The molecule has 2 rings (SSSR count). The van der Waals surface area contributed by atoms with Crippen LogP contribution in [0.3, 0.4) is 0 Å². The van der Waals surface area contributed by atoms with E-state index < -0.39 is 11.7 Å². The summed E-state index contributed by atoms with van der Waals surface area (Å²) in [7, 11) is 0. The van der Waals surface area contributed by atoms with Gasteiger partial charge in [-0.2, -0.15) is 0 Å². The number of ether oxygens (including phenoxy) is 1. The summed E-state index contributed by atoms with van der Waals surface area (Å²) >= 11 is 0. The lowest BCUT2D eigenvalue weighted by molar-refractivity contribution is 0.0520. The second kappa shape index (κ2) is 6.42. The quantitative estimate of drug-likeness (QED) is 0.843. The van der Waals surface area contributed by atoms with Crippen molar-refractivity contribution in [3.8, 4) is 0 Å². The summed E-state index contributed by atoms with van der Waals surface area (Å²) in [6.07, 6.45) is 0.490. The van der Waals surface area contributed by atoms with E-state index in [0.29, 0.717) is 24.5 Å². The van der Waals surface area contributed by atoms with E-state index in [4.69, 9.17) is 10.5 Å². The number of hydrogen-bond acceptors (Lipinski definition) is 4. The molecule has 0 aliphatic carbocycles. The van der Waals surface area contributed by atoms with Crippen LogP contribution in [-0.2, 0) is 4.74 Å². The topological polar surface area (TPSA) is 67.6 Å². The van der Waals surface area contributed by atoms with Crippen molar-refractivity contribution in [2.45, 2.75) is 32.8 Å². The van der Waals surface area contributed by atoms with Crippen molar-refractivity contribution in [2.75, 3.05) is 30.3 Å². The number of nitrogen functional groups attached to an aromatic ring is 1. The van der Waals surface area contributed by atoms with Crippen LogP contribution in [-0.4, -0.2) is 31.3 Å². The fraction of sp³-hybridized carbons (Fsp3) is 0.562. The predicted molar refractivity (Wildman–Crippen MR) is 85.4 cm³/mol. The number of hydrogen-bond donors (Lipinski definition) is 2. The summed E-state index contributed by atoms with van der Waals surface area (Å²) < 4.78 is 19.1. The molecule has 1 aliphatic rings. The van der Waals surface area contributed by atoms with E-state index in [2.05, 4.69) is 5.32 Å². The Morgan fingerprint density at radius 3 is 2.86 bits per heavy atom. The maximum Gasteiger partial charge on any atom is 0.407 e. The number of nitrogens with one attached hydrogen (secondary N) is 1. The number of halogens is 1. The van der Waals surface area contributed by atoms with Crippen LogP contribution >= 0.6 is 0 Å². The standard InChI is InChI=1S/C16H24FN3O2/c1-16(2,3)22-15(21)19-9-11-6-7-20(10-11)14-5-4-12(18)8-13(14)17/h4-5,8,11H,6-7,9-10,18H2,1-3H3,(H,19,21)/t11-/m1/s1. The largest absolute Gasteiger partial charge is 0.444 e. The van der Waals surface area contributed by atoms with Crippen LogP contribution in [0.4, 0.5) is 20.6 Å². The Hall–Kier alpha value is -1.98. The number of carbonyl (C=O) groups is 1. The minimum absolute atomic E-state index is 0.282. The molecule has 0 spiro atoms. The van der Waals surface area contributed by atoms with Gasteiger partial charge in [-0.1, -0.05) is 0 Å². The molecule has 0 unspecified atom stereocenters. The van der Waals surface area contributed by atoms with Crippen LogP contribution in [0.2, 0.25) is 0 Å². The number of alkyl carbamates (subject to hydrolysis) is 1. The molecule has 5 nitrogen and oxygen atoms in total. The zero-order valence-electron chi connectivity index (χ0n) is 13.4. The Morgan fingerprint density at radius 1 is 1.50 bits per heavy atom. The van der Waals surface area contributed by atoms with Gasteiger partial charge in [0.1, 0.15) is 11.4 Å². The van der Waals surface area contributed by atoms with Crippen molar-refractivity contribution in [1.82, 2.24) is 5.32 Å². The average molecular weight is 309 g/mol. The average Bonchev–Trinajstić information content (AvgIpc) is 2.83. The van der Waals surface area contributed by atoms with Crippen LogP contribution in [0.5, 0.6) is 0 Å². The Kier molecular flexibility index (Phi) is 4.78. The molecule has 3 N–H and O–H groups in total. The molecule has 22 heavy (non-hydrogen) atoms. The number of amides is 1. The molecule has 1 saturated heterocycles. The van der Waals surface area contributed by atoms with E-state index in [0.717, 1.165) is 13.0 Å². The Morgan fingerprint density at radius 2 is 2.23 bits per heavy atom. The summed E-state index contributed by atoms with van der Waals surface area (Å²) in [6.45, 7) is 7.48. The van der Waals surface area contributed by atoms with Crippen LogP contribution < -0.4 is 16.0 Å². The molecule has 0 aromatic heterocycles. The van der Waals surface area contributed by atoms with E-state index in [1.54, 1.807) is 12.1 Å². The van der Waals surface area contributed by atoms with E-state index in [-0.39, 0.29) is 11.7 Å². The van der Waals surface area contributed by atoms with Crippen molar-refractivity contribution in [3.05, 3.63) is 24.0 Å². The second-order valence-corrected chi connectivity index (χ2v) is 6.69. The summed E-state index contributed by atoms with van der Waals surface area (Å²) in [5.41, 5.74) is 6.05. The normalized spacial score (nSPS) is 18.4. The van der Waals surface area contributed by atoms with Crippen LogP contribution in [0.25, 0.3) is 0 Å². The molecular weight excluding hydrogens is 285 g/mol. The molecule has 122 valence electrons. The lowest BCUT2D eigenvalue weighted by Gasteiger charge is -2.21. The zero-order chi connectivity index (χ0) is 16.3. The Bertz CT molecular complexity index is 543. The van der Waals surface area contributed by atoms with E-state index in [1.165, 1.54) is 6.07 Å². The van der Waals surface area contributed by atoms with E-state index in [1.807, 2.05) is 25.7 Å². The number of nitrogens with two attached hydrogens (primary N) is 1. The van der Waals surface area contributed by atoms with Gasteiger partial charge in [-0.15, -0.1) is 0 Å². The smallest absolute Gasteiger partial charge is 0.407 e. The van der Waals surface area contributed by atoms with Crippen LogP contribution in [0, 0.1) is 11.7 Å². The van der Waals surface area contributed by atoms with Crippen LogP contribution in [0.1, 0.15) is 27.2 Å². The Balaban J connectivity index is 1.84. The molecule has 0 bridgehead atoms. The van der Waals surface area contributed by atoms with Gasteiger partial charge in [-0.25, -0.2) is 9.18 Å². The highest BCUT2D eigenvalue weighted by atomic mass is 19.1. The Labute approximate surface area is 130 Å². The third kappa shape index (κ3) is 4.51. The molecule has 1 aromatic carbocycles. The molecule has 1 amide bonds. The molecule has 0 saturated carbocycles. The van der Waals surface area contributed by atoms with E-state index >= 15 is 0 Å². The van der Waals surface area contributed by atoms with Gasteiger partial charge in [-0.3, -0.25) is 0 Å². The maximum atomic E-state index is 13.9. The highest BCUT2D eigenvalue weighted by molar-refractivity contribution is 5.67. The first-order valence-electron chi connectivity index (χ1n) is 7.51. The van der Waals surface area contributed by atoms with Crippen LogP contribution in [0.15, 0.2) is 18.2 Å². The van der Waals surface area contributed by atoms with Gasteiger partial charge in [0.15, 0.2) is 0 Å². The molecular formula is C16H24FN3O2. The molecule has 6 heteroatoms. The molecule has 1 atom stereocenters. The minimum Gasteiger partial charge on any atom is -0.444 e. The van der Waals surface area contributed by atoms with Crippen molar-refractivity contribution in [2.24, 2.45) is 5.92 Å². The van der Waals surface area contributed by atoms with Crippen molar-refractivity contribution in [1.29, 1.82) is 0 Å². The molecule has 1 aromatic rings. The number of benzene rings is 1. The fourth-order valence-corrected chi connectivity index (χ4v) is 2.54. The lowest BCUT2D eigenvalue weighted by Crippen LogP contribution is -2.36. The monoisotopic (exact) mass is 309 g/mol. The van der Waals surface area contributed by atoms with Gasteiger partial charge < -0.3 is 20.7 Å². The van der Waals surface area contributed by atoms with Gasteiger partial charge in [0.05, 0.1) is 5.69 Å². The molecule has 0 radical (unpaired) electrons. The number of anilines is 2. The number of nitrogens with zero attached hydrogens (tertiary/aromatic N) is 1. The van der Waals surface area contributed by atoms with Gasteiger partial charge >= 0.3 is 6.09 Å². The summed E-state index contributed by atoms with van der Waals surface area (Å²) in [5.74, 6) is -0.0229. The summed E-state index contributed by atoms with van der Waals surface area (Å²) in [5, 5.41) is 2.78. The highest BCUT2D eigenvalue weighted by Crippen LogP contribution is 2.27. The molecule has 1 fully saturated rings. The predicted octanol–water partition coefficient (Wildman–Crippen LogP) is 2.76.